The van der Waals surface area contributed by atoms with E-state index < -0.39 is 28.5 Å². The number of nitrogens with zero attached hydrogens (tertiary/aromatic N) is 2. The van der Waals surface area contributed by atoms with Gasteiger partial charge in [-0.1, -0.05) is 56.3 Å². The van der Waals surface area contributed by atoms with E-state index in [1.54, 1.807) is 31.2 Å². The average molecular weight is 524 g/mol. The average Bonchev–Trinajstić information content (AvgIpc) is 2.74. The molecule has 0 aromatic heterocycles. The first-order chi connectivity index (χ1) is 15.0. The normalized spacial score (nSPS) is 12.3. The molecule has 0 spiro atoms. The molecule has 9 heteroatoms. The molecule has 2 aromatic rings. The highest BCUT2D eigenvalue weighted by Gasteiger charge is 2.30. The van der Waals surface area contributed by atoms with Gasteiger partial charge in [-0.25, -0.2) is 8.42 Å². The summed E-state index contributed by atoms with van der Waals surface area (Å²) in [5.41, 5.74) is 1.20. The largest absolute Gasteiger partial charge is 0.354 e. The molecular formula is C23H30BrN3O4S. The number of hydrogen-bond acceptors (Lipinski definition) is 4. The molecule has 0 fully saturated rings. The van der Waals surface area contributed by atoms with E-state index in [1.165, 1.54) is 4.90 Å². The van der Waals surface area contributed by atoms with E-state index in [0.29, 0.717) is 16.7 Å². The molecule has 0 saturated heterocycles. The van der Waals surface area contributed by atoms with Crippen molar-refractivity contribution in [1.82, 2.24) is 10.2 Å². The van der Waals surface area contributed by atoms with Gasteiger partial charge in [-0.15, -0.1) is 0 Å². The summed E-state index contributed by atoms with van der Waals surface area (Å²) in [6, 6.07) is 15.3. The SMILES string of the molecule is CC(C)CNC(=O)C(C)N(Cc1ccccc1)C(=O)CN(c1ccccc1Br)S(C)(=O)=O. The fourth-order valence-electron chi connectivity index (χ4n) is 3.06. The summed E-state index contributed by atoms with van der Waals surface area (Å²) in [4.78, 5) is 27.6. The number of amides is 2. The van der Waals surface area contributed by atoms with Crippen LogP contribution in [0.2, 0.25) is 0 Å². The Labute approximate surface area is 199 Å². The van der Waals surface area contributed by atoms with Gasteiger partial charge in [0.15, 0.2) is 0 Å². The van der Waals surface area contributed by atoms with Gasteiger partial charge in [0.25, 0.3) is 0 Å². The van der Waals surface area contributed by atoms with Crippen LogP contribution in [0.25, 0.3) is 0 Å². The smallest absolute Gasteiger partial charge is 0.244 e. The van der Waals surface area contributed by atoms with Crippen LogP contribution in [0.3, 0.4) is 0 Å². The molecule has 1 unspecified atom stereocenters. The lowest BCUT2D eigenvalue weighted by atomic mass is 10.1. The van der Waals surface area contributed by atoms with Crippen LogP contribution >= 0.6 is 15.9 Å². The van der Waals surface area contributed by atoms with Crippen LogP contribution in [-0.2, 0) is 26.2 Å². The van der Waals surface area contributed by atoms with Crippen LogP contribution in [0.4, 0.5) is 5.69 Å². The van der Waals surface area contributed by atoms with E-state index in [-0.39, 0.29) is 18.4 Å². The fraction of sp³-hybridized carbons (Fsp3) is 0.391. The van der Waals surface area contributed by atoms with Crippen LogP contribution in [0, 0.1) is 5.92 Å². The third-order valence-electron chi connectivity index (χ3n) is 4.85. The van der Waals surface area contributed by atoms with E-state index in [9.17, 15) is 18.0 Å². The number of carbonyl (C=O) groups is 2. The Hall–Kier alpha value is -2.39. The van der Waals surface area contributed by atoms with E-state index in [4.69, 9.17) is 0 Å². The number of carbonyl (C=O) groups excluding carboxylic acids is 2. The summed E-state index contributed by atoms with van der Waals surface area (Å²) < 4.78 is 26.7. The van der Waals surface area contributed by atoms with Crippen LogP contribution in [0.1, 0.15) is 26.3 Å². The molecule has 0 aliphatic heterocycles. The van der Waals surface area contributed by atoms with Crippen LogP contribution in [0.5, 0.6) is 0 Å². The van der Waals surface area contributed by atoms with Gasteiger partial charge in [0, 0.05) is 17.6 Å². The lowest BCUT2D eigenvalue weighted by molar-refractivity contribution is -0.139. The third kappa shape index (κ3) is 7.34. The van der Waals surface area contributed by atoms with Crippen molar-refractivity contribution in [3.05, 3.63) is 64.6 Å². The Bertz CT molecular complexity index is 1030. The number of hydrogen-bond donors (Lipinski definition) is 1. The highest BCUT2D eigenvalue weighted by Crippen LogP contribution is 2.28. The summed E-state index contributed by atoms with van der Waals surface area (Å²) in [6.07, 6.45) is 1.06. The molecule has 1 atom stereocenters. The maximum absolute atomic E-state index is 13.4. The minimum atomic E-state index is -3.75. The van der Waals surface area contributed by atoms with E-state index in [2.05, 4.69) is 21.2 Å². The second-order valence-electron chi connectivity index (χ2n) is 8.04. The highest BCUT2D eigenvalue weighted by molar-refractivity contribution is 9.10. The first-order valence-electron chi connectivity index (χ1n) is 10.3. The molecule has 0 bridgehead atoms. The van der Waals surface area contributed by atoms with Crippen molar-refractivity contribution in [1.29, 1.82) is 0 Å². The molecule has 0 saturated carbocycles. The molecular weight excluding hydrogens is 494 g/mol. The van der Waals surface area contributed by atoms with Crippen molar-refractivity contribution in [3.63, 3.8) is 0 Å². The second kappa shape index (κ2) is 11.5. The van der Waals surface area contributed by atoms with Gasteiger partial charge >= 0.3 is 0 Å². The molecule has 0 aliphatic rings. The molecule has 32 heavy (non-hydrogen) atoms. The number of nitrogens with one attached hydrogen (secondary N) is 1. The van der Waals surface area contributed by atoms with Crippen molar-refractivity contribution in [3.8, 4) is 0 Å². The predicted octanol–water partition coefficient (Wildman–Crippen LogP) is 3.40. The first kappa shape index (κ1) is 25.9. The molecule has 2 aromatic carbocycles. The summed E-state index contributed by atoms with van der Waals surface area (Å²) in [5.74, 6) is -0.488. The monoisotopic (exact) mass is 523 g/mol. The molecule has 0 aliphatic carbocycles. The Balaban J connectivity index is 2.35. The molecule has 2 rings (SSSR count). The van der Waals surface area contributed by atoms with Crippen LogP contribution in [0.15, 0.2) is 59.1 Å². The molecule has 0 heterocycles. The van der Waals surface area contributed by atoms with E-state index in [0.717, 1.165) is 16.1 Å². The fourth-order valence-corrected chi connectivity index (χ4v) is 4.54. The molecule has 1 N–H and O–H groups in total. The van der Waals surface area contributed by atoms with Crippen molar-refractivity contribution in [2.24, 2.45) is 5.92 Å². The zero-order valence-corrected chi connectivity index (χ0v) is 21.2. The second-order valence-corrected chi connectivity index (χ2v) is 10.8. The standard InChI is InChI=1S/C23H30BrN3O4S/c1-17(2)14-25-23(29)18(3)26(15-19-10-6-5-7-11-19)22(28)16-27(32(4,30)31)21-13-9-8-12-20(21)24/h5-13,17-18H,14-16H2,1-4H3,(H,25,29). The Morgan fingerprint density at radius 1 is 1.00 bits per heavy atom. The number of sulfonamides is 1. The summed E-state index contributed by atoms with van der Waals surface area (Å²) in [5, 5.41) is 2.86. The zero-order chi connectivity index (χ0) is 23.9. The van der Waals surface area contributed by atoms with Gasteiger partial charge in [-0.2, -0.15) is 0 Å². The minimum Gasteiger partial charge on any atom is -0.354 e. The van der Waals surface area contributed by atoms with Gasteiger partial charge in [-0.05, 0) is 46.5 Å². The lowest BCUT2D eigenvalue weighted by Gasteiger charge is -2.31. The quantitative estimate of drug-likeness (QED) is 0.516. The maximum Gasteiger partial charge on any atom is 0.244 e. The van der Waals surface area contributed by atoms with Gasteiger partial charge in [0.2, 0.25) is 21.8 Å². The Morgan fingerprint density at radius 3 is 2.16 bits per heavy atom. The summed E-state index contributed by atoms with van der Waals surface area (Å²) in [7, 11) is -3.75. The first-order valence-corrected chi connectivity index (χ1v) is 13.0. The van der Waals surface area contributed by atoms with Crippen molar-refractivity contribution >= 4 is 43.5 Å². The van der Waals surface area contributed by atoms with Crippen LogP contribution in [-0.4, -0.2) is 50.5 Å². The Kier molecular flexibility index (Phi) is 9.27. The third-order valence-corrected chi connectivity index (χ3v) is 6.64. The van der Waals surface area contributed by atoms with Crippen molar-refractivity contribution < 1.29 is 18.0 Å². The zero-order valence-electron chi connectivity index (χ0n) is 18.8. The van der Waals surface area contributed by atoms with Crippen molar-refractivity contribution in [2.75, 3.05) is 23.7 Å². The molecule has 2 amide bonds. The number of halogens is 1. The van der Waals surface area contributed by atoms with Gasteiger partial charge in [0.1, 0.15) is 12.6 Å². The number of anilines is 1. The molecule has 7 nitrogen and oxygen atoms in total. The summed E-state index contributed by atoms with van der Waals surface area (Å²) in [6.45, 7) is 5.88. The van der Waals surface area contributed by atoms with Crippen molar-refractivity contribution in [2.45, 2.75) is 33.4 Å². The van der Waals surface area contributed by atoms with Gasteiger partial charge < -0.3 is 10.2 Å². The summed E-state index contributed by atoms with van der Waals surface area (Å²) >= 11 is 3.36. The van der Waals surface area contributed by atoms with Crippen LogP contribution < -0.4 is 9.62 Å². The molecule has 174 valence electrons. The highest BCUT2D eigenvalue weighted by atomic mass is 79.9. The topological polar surface area (TPSA) is 86.8 Å². The Morgan fingerprint density at radius 2 is 1.59 bits per heavy atom. The van der Waals surface area contributed by atoms with E-state index >= 15 is 0 Å². The minimum absolute atomic E-state index is 0.184. The molecule has 0 radical (unpaired) electrons. The lowest BCUT2D eigenvalue weighted by Crippen LogP contribution is -2.51. The number of rotatable bonds is 10. The number of benzene rings is 2. The number of para-hydroxylation sites is 1. The van der Waals surface area contributed by atoms with E-state index in [1.807, 2.05) is 44.2 Å². The maximum atomic E-state index is 13.4. The predicted molar refractivity (Wildman–Crippen MR) is 131 cm³/mol. The van der Waals surface area contributed by atoms with Gasteiger partial charge in [-0.3, -0.25) is 13.9 Å². The van der Waals surface area contributed by atoms with Gasteiger partial charge in [0.05, 0.1) is 11.9 Å².